The fourth-order valence-corrected chi connectivity index (χ4v) is 2.17. The zero-order valence-corrected chi connectivity index (χ0v) is 13.6. The molecule has 0 fully saturated rings. The molecular formula is C17H29N3O. The number of hydrogen-bond acceptors (Lipinski definition) is 3. The second kappa shape index (κ2) is 9.53. The number of nitrogens with two attached hydrogens (primary N) is 1. The minimum absolute atomic E-state index is 0.0640. The van der Waals surface area contributed by atoms with E-state index in [1.165, 1.54) is 0 Å². The number of hydrogen-bond donors (Lipinski definition) is 1. The fraction of sp³-hybridized carbons (Fsp3) is 0.588. The molecule has 1 unspecified atom stereocenters. The van der Waals surface area contributed by atoms with Crippen molar-refractivity contribution >= 4 is 5.91 Å². The Morgan fingerprint density at radius 1 is 1.19 bits per heavy atom. The highest BCUT2D eigenvalue weighted by Crippen LogP contribution is 2.08. The molecule has 0 heterocycles. The predicted molar refractivity (Wildman–Crippen MR) is 87.9 cm³/mol. The first-order chi connectivity index (χ1) is 10.0. The van der Waals surface area contributed by atoms with Gasteiger partial charge < -0.3 is 15.5 Å². The highest BCUT2D eigenvalue weighted by Gasteiger charge is 2.20. The van der Waals surface area contributed by atoms with Gasteiger partial charge in [-0.2, -0.15) is 0 Å². The molecule has 0 aliphatic carbocycles. The first kappa shape index (κ1) is 17.7. The Hall–Kier alpha value is -1.39. The number of likely N-dealkylation sites (N-methyl/N-ethyl adjacent to an activating group) is 1. The predicted octanol–water partition coefficient (Wildman–Crippen LogP) is 2.09. The van der Waals surface area contributed by atoms with E-state index in [1.807, 2.05) is 49.3 Å². The summed E-state index contributed by atoms with van der Waals surface area (Å²) in [6, 6.07) is 9.71. The van der Waals surface area contributed by atoms with Gasteiger partial charge in [-0.15, -0.1) is 0 Å². The Kier molecular flexibility index (Phi) is 8.01. The molecule has 1 aromatic rings. The molecule has 0 bridgehead atoms. The maximum absolute atomic E-state index is 12.5. The van der Waals surface area contributed by atoms with Crippen LogP contribution in [0.1, 0.15) is 31.7 Å². The molecule has 1 amide bonds. The van der Waals surface area contributed by atoms with Crippen molar-refractivity contribution in [3.63, 3.8) is 0 Å². The normalized spacial score (nSPS) is 12.4. The molecule has 0 aliphatic heterocycles. The molecule has 2 N–H and O–H groups in total. The van der Waals surface area contributed by atoms with Gasteiger partial charge in [0.15, 0.2) is 0 Å². The van der Waals surface area contributed by atoms with E-state index in [1.54, 1.807) is 0 Å². The third kappa shape index (κ3) is 6.74. The number of carbonyl (C=O) groups excluding carboxylic acids is 1. The van der Waals surface area contributed by atoms with Gasteiger partial charge in [-0.05, 0) is 26.1 Å². The van der Waals surface area contributed by atoms with Crippen LogP contribution in [0.3, 0.4) is 0 Å². The molecule has 1 atom stereocenters. The molecule has 21 heavy (non-hydrogen) atoms. The molecule has 1 rings (SSSR count). The highest BCUT2D eigenvalue weighted by molar-refractivity contribution is 5.81. The van der Waals surface area contributed by atoms with Crippen molar-refractivity contribution < 1.29 is 4.79 Å². The summed E-state index contributed by atoms with van der Waals surface area (Å²) < 4.78 is 0. The van der Waals surface area contributed by atoms with Crippen molar-refractivity contribution in [2.45, 2.75) is 38.8 Å². The van der Waals surface area contributed by atoms with E-state index in [0.717, 1.165) is 31.4 Å². The van der Waals surface area contributed by atoms with E-state index in [4.69, 9.17) is 5.73 Å². The molecule has 118 valence electrons. The number of rotatable bonds is 9. The summed E-state index contributed by atoms with van der Waals surface area (Å²) in [6.07, 6.45) is 2.83. The van der Waals surface area contributed by atoms with E-state index in [9.17, 15) is 4.79 Å². The first-order valence-corrected chi connectivity index (χ1v) is 7.77. The Balaban J connectivity index is 2.68. The lowest BCUT2D eigenvalue weighted by atomic mass is 10.1. The highest BCUT2D eigenvalue weighted by atomic mass is 16.2. The van der Waals surface area contributed by atoms with E-state index in [-0.39, 0.29) is 11.9 Å². The summed E-state index contributed by atoms with van der Waals surface area (Å²) in [4.78, 5) is 16.5. The van der Waals surface area contributed by atoms with Gasteiger partial charge in [0.2, 0.25) is 5.91 Å². The minimum Gasteiger partial charge on any atom is -0.336 e. The number of nitrogens with zero attached hydrogens (tertiary/aromatic N) is 2. The lowest BCUT2D eigenvalue weighted by molar-refractivity contribution is -0.133. The summed E-state index contributed by atoms with van der Waals surface area (Å²) in [5.41, 5.74) is 7.21. The van der Waals surface area contributed by atoms with Crippen LogP contribution in [0.4, 0.5) is 0 Å². The molecule has 0 spiro atoms. The van der Waals surface area contributed by atoms with Gasteiger partial charge in [0, 0.05) is 19.6 Å². The monoisotopic (exact) mass is 291 g/mol. The van der Waals surface area contributed by atoms with Crippen molar-refractivity contribution in [1.29, 1.82) is 0 Å². The summed E-state index contributed by atoms with van der Waals surface area (Å²) in [5.74, 6) is 0.0640. The first-order valence-electron chi connectivity index (χ1n) is 7.77. The second-order valence-corrected chi connectivity index (χ2v) is 5.80. The topological polar surface area (TPSA) is 49.6 Å². The quantitative estimate of drug-likeness (QED) is 0.758. The number of carbonyl (C=O) groups is 1. The van der Waals surface area contributed by atoms with Gasteiger partial charge in [0.05, 0.1) is 6.04 Å². The van der Waals surface area contributed by atoms with Gasteiger partial charge >= 0.3 is 0 Å². The van der Waals surface area contributed by atoms with Gasteiger partial charge in [0.25, 0.3) is 0 Å². The Bertz CT molecular complexity index is 406. The van der Waals surface area contributed by atoms with E-state index < -0.39 is 0 Å². The van der Waals surface area contributed by atoms with Crippen LogP contribution < -0.4 is 5.73 Å². The molecule has 4 nitrogen and oxygen atoms in total. The lowest BCUT2D eigenvalue weighted by Crippen LogP contribution is -2.45. The van der Waals surface area contributed by atoms with Crippen LogP contribution in [0.2, 0.25) is 0 Å². The van der Waals surface area contributed by atoms with Crippen LogP contribution >= 0.6 is 0 Å². The summed E-state index contributed by atoms with van der Waals surface area (Å²) in [6.45, 7) is 4.30. The standard InChI is InChI=1S/C17H29N3O/c1-4-5-11-16(18)17(21)20(13-12-19(2)3)14-15-9-7-6-8-10-15/h6-10,16H,4-5,11-14,18H2,1-3H3. The van der Waals surface area contributed by atoms with Crippen LogP contribution in [0.5, 0.6) is 0 Å². The van der Waals surface area contributed by atoms with Crippen LogP contribution in [-0.2, 0) is 11.3 Å². The Labute approximate surface area is 128 Å². The molecular weight excluding hydrogens is 262 g/mol. The lowest BCUT2D eigenvalue weighted by Gasteiger charge is -2.27. The summed E-state index contributed by atoms with van der Waals surface area (Å²) in [5, 5.41) is 0. The second-order valence-electron chi connectivity index (χ2n) is 5.80. The van der Waals surface area contributed by atoms with Crippen LogP contribution in [-0.4, -0.2) is 48.9 Å². The van der Waals surface area contributed by atoms with Crippen molar-refractivity contribution in [1.82, 2.24) is 9.80 Å². The van der Waals surface area contributed by atoms with Gasteiger partial charge in [-0.25, -0.2) is 0 Å². The fourth-order valence-electron chi connectivity index (χ4n) is 2.17. The summed E-state index contributed by atoms with van der Waals surface area (Å²) >= 11 is 0. The SMILES string of the molecule is CCCCC(N)C(=O)N(CCN(C)C)Cc1ccccc1. The molecule has 0 saturated carbocycles. The minimum atomic E-state index is -0.379. The Morgan fingerprint density at radius 2 is 1.86 bits per heavy atom. The van der Waals surface area contributed by atoms with Crippen molar-refractivity contribution in [2.24, 2.45) is 5.73 Å². The number of unbranched alkanes of at least 4 members (excludes halogenated alkanes) is 1. The van der Waals surface area contributed by atoms with E-state index >= 15 is 0 Å². The molecule has 0 aliphatic rings. The largest absolute Gasteiger partial charge is 0.336 e. The number of amides is 1. The van der Waals surface area contributed by atoms with Crippen LogP contribution in [0, 0.1) is 0 Å². The average molecular weight is 291 g/mol. The molecule has 1 aromatic carbocycles. The molecule has 0 saturated heterocycles. The molecule has 4 heteroatoms. The van der Waals surface area contributed by atoms with Crippen molar-refractivity contribution in [3.05, 3.63) is 35.9 Å². The van der Waals surface area contributed by atoms with Crippen LogP contribution in [0.15, 0.2) is 30.3 Å². The van der Waals surface area contributed by atoms with E-state index in [2.05, 4.69) is 11.8 Å². The van der Waals surface area contributed by atoms with Crippen molar-refractivity contribution in [3.8, 4) is 0 Å². The third-order valence-electron chi connectivity index (χ3n) is 3.53. The maximum Gasteiger partial charge on any atom is 0.239 e. The molecule has 0 aromatic heterocycles. The maximum atomic E-state index is 12.5. The van der Waals surface area contributed by atoms with Crippen LogP contribution in [0.25, 0.3) is 0 Å². The van der Waals surface area contributed by atoms with Gasteiger partial charge in [-0.1, -0.05) is 50.1 Å². The summed E-state index contributed by atoms with van der Waals surface area (Å²) in [7, 11) is 4.03. The smallest absolute Gasteiger partial charge is 0.239 e. The van der Waals surface area contributed by atoms with Gasteiger partial charge in [-0.3, -0.25) is 4.79 Å². The third-order valence-corrected chi connectivity index (χ3v) is 3.53. The van der Waals surface area contributed by atoms with Crippen molar-refractivity contribution in [2.75, 3.05) is 27.2 Å². The Morgan fingerprint density at radius 3 is 2.43 bits per heavy atom. The van der Waals surface area contributed by atoms with E-state index in [0.29, 0.717) is 13.1 Å². The van der Waals surface area contributed by atoms with Gasteiger partial charge in [0.1, 0.15) is 0 Å². The zero-order valence-electron chi connectivity index (χ0n) is 13.6. The average Bonchev–Trinajstić information content (AvgIpc) is 2.49. The molecule has 0 radical (unpaired) electrons. The number of benzene rings is 1. The zero-order chi connectivity index (χ0) is 15.7.